The van der Waals surface area contributed by atoms with Crippen LogP contribution < -0.4 is 10.9 Å². The summed E-state index contributed by atoms with van der Waals surface area (Å²) in [6, 6.07) is 2.88. The molecule has 152 valence electrons. The van der Waals surface area contributed by atoms with E-state index in [4.69, 9.17) is 0 Å². The van der Waals surface area contributed by atoms with Gasteiger partial charge >= 0.3 is 0 Å². The molecular formula is C19H19F2N5O2S. The van der Waals surface area contributed by atoms with Crippen LogP contribution in [0.1, 0.15) is 31.7 Å². The summed E-state index contributed by atoms with van der Waals surface area (Å²) in [6.07, 6.45) is 5.45. The van der Waals surface area contributed by atoms with Crippen LogP contribution in [0.4, 0.5) is 14.5 Å². The molecule has 1 amide bonds. The lowest BCUT2D eigenvalue weighted by atomic mass is 10.2. The van der Waals surface area contributed by atoms with Gasteiger partial charge < -0.3 is 5.32 Å². The Kier molecular flexibility index (Phi) is 5.35. The fourth-order valence-electron chi connectivity index (χ4n) is 3.56. The molecule has 1 N–H and O–H groups in total. The van der Waals surface area contributed by atoms with Crippen LogP contribution in [-0.2, 0) is 11.8 Å². The van der Waals surface area contributed by atoms with Gasteiger partial charge in [-0.2, -0.15) is 5.10 Å². The minimum Gasteiger partial charge on any atom is -0.323 e. The highest BCUT2D eigenvalue weighted by Gasteiger charge is 2.24. The summed E-state index contributed by atoms with van der Waals surface area (Å²) in [5, 5.41) is 7.00. The van der Waals surface area contributed by atoms with Gasteiger partial charge in [0.25, 0.3) is 5.56 Å². The second kappa shape index (κ2) is 7.94. The van der Waals surface area contributed by atoms with Gasteiger partial charge in [-0.05, 0) is 25.0 Å². The fourth-order valence-corrected chi connectivity index (χ4v) is 4.43. The molecule has 1 fully saturated rings. The molecule has 1 aliphatic carbocycles. The number of carbonyl (C=O) groups is 1. The average molecular weight is 419 g/mol. The quantitative estimate of drug-likeness (QED) is 0.507. The van der Waals surface area contributed by atoms with Gasteiger partial charge in [0.05, 0.1) is 17.6 Å². The lowest BCUT2D eigenvalue weighted by Gasteiger charge is -2.17. The molecule has 4 rings (SSSR count). The van der Waals surface area contributed by atoms with Crippen molar-refractivity contribution in [2.24, 2.45) is 7.05 Å². The Labute approximate surface area is 169 Å². The first-order valence-electron chi connectivity index (χ1n) is 9.26. The summed E-state index contributed by atoms with van der Waals surface area (Å²) >= 11 is 1.10. The third kappa shape index (κ3) is 4.02. The number of nitrogens with zero attached hydrogens (tertiary/aromatic N) is 4. The molecular weight excluding hydrogens is 400 g/mol. The maximum absolute atomic E-state index is 13.7. The predicted octanol–water partition coefficient (Wildman–Crippen LogP) is 3.25. The van der Waals surface area contributed by atoms with Crippen LogP contribution in [0.2, 0.25) is 0 Å². The second-order valence-corrected chi connectivity index (χ2v) is 7.95. The van der Waals surface area contributed by atoms with Crippen LogP contribution in [0, 0.1) is 11.6 Å². The zero-order chi connectivity index (χ0) is 20.5. The molecule has 0 radical (unpaired) electrons. The molecule has 10 heteroatoms. The van der Waals surface area contributed by atoms with Crippen molar-refractivity contribution in [2.45, 2.75) is 36.9 Å². The highest BCUT2D eigenvalue weighted by molar-refractivity contribution is 7.99. The van der Waals surface area contributed by atoms with Crippen molar-refractivity contribution in [1.82, 2.24) is 19.3 Å². The summed E-state index contributed by atoms with van der Waals surface area (Å²) < 4.78 is 30.2. The van der Waals surface area contributed by atoms with E-state index in [2.05, 4.69) is 15.4 Å². The largest absolute Gasteiger partial charge is 0.323 e. The second-order valence-electron chi connectivity index (χ2n) is 7.01. The van der Waals surface area contributed by atoms with E-state index in [-0.39, 0.29) is 23.0 Å². The SMILES string of the molecule is Cn1cc2nc(SCC(=O)Nc3cc(F)ccc3F)n(C3CCCC3)c(=O)c2n1. The minimum atomic E-state index is -0.720. The number of benzene rings is 1. The van der Waals surface area contributed by atoms with Gasteiger partial charge in [-0.15, -0.1) is 0 Å². The molecule has 1 aliphatic rings. The smallest absolute Gasteiger partial charge is 0.282 e. The molecule has 0 bridgehead atoms. The molecule has 3 aromatic rings. The van der Waals surface area contributed by atoms with Crippen LogP contribution in [0.15, 0.2) is 34.3 Å². The van der Waals surface area contributed by atoms with Gasteiger partial charge in [0.15, 0.2) is 10.7 Å². The van der Waals surface area contributed by atoms with Crippen LogP contribution in [0.25, 0.3) is 11.0 Å². The number of carbonyl (C=O) groups excluding carboxylic acids is 1. The summed E-state index contributed by atoms with van der Waals surface area (Å²) in [5.74, 6) is -1.98. The summed E-state index contributed by atoms with van der Waals surface area (Å²) in [7, 11) is 1.72. The lowest BCUT2D eigenvalue weighted by Crippen LogP contribution is -2.27. The van der Waals surface area contributed by atoms with Crippen molar-refractivity contribution in [3.8, 4) is 0 Å². The molecule has 29 heavy (non-hydrogen) atoms. The number of hydrogen-bond acceptors (Lipinski definition) is 5. The Bertz CT molecular complexity index is 1140. The Morgan fingerprint density at radius 3 is 2.83 bits per heavy atom. The number of aryl methyl sites for hydroxylation is 1. The van der Waals surface area contributed by atoms with Crippen molar-refractivity contribution in [3.63, 3.8) is 0 Å². The topological polar surface area (TPSA) is 81.8 Å². The Morgan fingerprint density at radius 2 is 2.07 bits per heavy atom. The zero-order valence-electron chi connectivity index (χ0n) is 15.7. The Balaban J connectivity index is 1.59. The van der Waals surface area contributed by atoms with Gasteiger partial charge in [-0.3, -0.25) is 18.8 Å². The highest BCUT2D eigenvalue weighted by atomic mass is 32.2. The van der Waals surface area contributed by atoms with E-state index in [1.165, 1.54) is 4.68 Å². The molecule has 2 heterocycles. The number of aromatic nitrogens is 4. The predicted molar refractivity (Wildman–Crippen MR) is 106 cm³/mol. The third-order valence-corrected chi connectivity index (χ3v) is 5.83. The number of fused-ring (bicyclic) bond motifs is 1. The molecule has 0 atom stereocenters. The fraction of sp³-hybridized carbons (Fsp3) is 0.368. The Hall–Kier alpha value is -2.75. The molecule has 0 spiro atoms. The summed E-state index contributed by atoms with van der Waals surface area (Å²) in [4.78, 5) is 29.8. The van der Waals surface area contributed by atoms with Crippen molar-refractivity contribution in [2.75, 3.05) is 11.1 Å². The van der Waals surface area contributed by atoms with Crippen molar-refractivity contribution in [3.05, 3.63) is 46.4 Å². The standard InChI is InChI=1S/C19H19F2N5O2S/c1-25-9-15-17(24-25)18(28)26(12-4-2-3-5-12)19(23-15)29-10-16(27)22-14-8-11(20)6-7-13(14)21/h6-9,12H,2-5,10H2,1H3,(H,22,27). The maximum atomic E-state index is 13.7. The lowest BCUT2D eigenvalue weighted by molar-refractivity contribution is -0.113. The van der Waals surface area contributed by atoms with Crippen molar-refractivity contribution < 1.29 is 13.6 Å². The van der Waals surface area contributed by atoms with Gasteiger partial charge in [0, 0.05) is 19.2 Å². The molecule has 2 aromatic heterocycles. The Morgan fingerprint density at radius 1 is 1.31 bits per heavy atom. The molecule has 0 aliphatic heterocycles. The van der Waals surface area contributed by atoms with E-state index in [0.29, 0.717) is 16.2 Å². The average Bonchev–Trinajstić information content (AvgIpc) is 3.32. The van der Waals surface area contributed by atoms with Crippen LogP contribution >= 0.6 is 11.8 Å². The van der Waals surface area contributed by atoms with Gasteiger partial charge in [-0.25, -0.2) is 13.8 Å². The van der Waals surface area contributed by atoms with Gasteiger partial charge in [-0.1, -0.05) is 24.6 Å². The number of anilines is 1. The van der Waals surface area contributed by atoms with E-state index in [9.17, 15) is 18.4 Å². The monoisotopic (exact) mass is 419 g/mol. The third-order valence-electron chi connectivity index (χ3n) is 4.88. The number of rotatable bonds is 5. The van der Waals surface area contributed by atoms with E-state index in [0.717, 1.165) is 55.6 Å². The number of hydrogen-bond donors (Lipinski definition) is 1. The molecule has 7 nitrogen and oxygen atoms in total. The van der Waals surface area contributed by atoms with E-state index in [1.807, 2.05) is 0 Å². The summed E-state index contributed by atoms with van der Waals surface area (Å²) in [6.45, 7) is 0. The van der Waals surface area contributed by atoms with Crippen molar-refractivity contribution in [1.29, 1.82) is 0 Å². The normalized spacial score (nSPS) is 14.6. The van der Waals surface area contributed by atoms with Crippen LogP contribution in [-0.4, -0.2) is 31.0 Å². The van der Waals surface area contributed by atoms with Crippen LogP contribution in [0.5, 0.6) is 0 Å². The first-order valence-corrected chi connectivity index (χ1v) is 10.2. The number of nitrogens with one attached hydrogen (secondary N) is 1. The maximum Gasteiger partial charge on any atom is 0.282 e. The molecule has 1 aromatic carbocycles. The zero-order valence-corrected chi connectivity index (χ0v) is 16.5. The molecule has 0 unspecified atom stereocenters. The van der Waals surface area contributed by atoms with E-state index in [1.54, 1.807) is 17.8 Å². The van der Waals surface area contributed by atoms with Crippen molar-refractivity contribution >= 4 is 34.4 Å². The van der Waals surface area contributed by atoms with E-state index >= 15 is 0 Å². The first-order chi connectivity index (χ1) is 13.9. The van der Waals surface area contributed by atoms with Gasteiger partial charge in [0.2, 0.25) is 5.91 Å². The number of halogens is 2. The first kappa shape index (κ1) is 19.6. The highest BCUT2D eigenvalue weighted by Crippen LogP contribution is 2.32. The molecule has 1 saturated carbocycles. The van der Waals surface area contributed by atoms with Crippen LogP contribution in [0.3, 0.4) is 0 Å². The number of amides is 1. The van der Waals surface area contributed by atoms with E-state index < -0.39 is 17.5 Å². The summed E-state index contributed by atoms with van der Waals surface area (Å²) in [5.41, 5.74) is 0.321. The van der Waals surface area contributed by atoms with Gasteiger partial charge in [0.1, 0.15) is 17.2 Å². The number of thioether (sulfide) groups is 1. The molecule has 0 saturated heterocycles. The minimum absolute atomic E-state index is 0.0210.